The van der Waals surface area contributed by atoms with Crippen LogP contribution in [0.4, 0.5) is 18.9 Å². The molecular weight excluding hydrogens is 337 g/mol. The van der Waals surface area contributed by atoms with Gasteiger partial charge in [0.05, 0.1) is 11.9 Å². The minimum Gasteiger partial charge on any atom is -0.406 e. The predicted molar refractivity (Wildman–Crippen MR) is 82.4 cm³/mol. The highest BCUT2D eigenvalue weighted by Gasteiger charge is 2.31. The number of amides is 1. The highest BCUT2D eigenvalue weighted by Crippen LogP contribution is 2.23. The standard InChI is InChI=1S/C16H11F3N4O2/c17-16(18,19)25-13-4-1-11(2-5-13)15(24)22-12-3-6-14(21-9-12)23-8-7-20-10-23/h1-10H,(H,22,24). The van der Waals surface area contributed by atoms with Gasteiger partial charge in [0.25, 0.3) is 5.91 Å². The summed E-state index contributed by atoms with van der Waals surface area (Å²) >= 11 is 0. The second-order valence-corrected chi connectivity index (χ2v) is 4.90. The molecule has 1 amide bonds. The van der Waals surface area contributed by atoms with E-state index in [1.54, 1.807) is 35.4 Å². The lowest BCUT2D eigenvalue weighted by Gasteiger charge is -2.09. The van der Waals surface area contributed by atoms with Crippen LogP contribution in [0.1, 0.15) is 10.4 Å². The van der Waals surface area contributed by atoms with Crippen LogP contribution in [0.2, 0.25) is 0 Å². The van der Waals surface area contributed by atoms with E-state index < -0.39 is 18.0 Å². The summed E-state index contributed by atoms with van der Waals surface area (Å²) in [7, 11) is 0. The molecule has 0 saturated heterocycles. The smallest absolute Gasteiger partial charge is 0.406 e. The molecule has 3 aromatic rings. The van der Waals surface area contributed by atoms with Crippen LogP contribution in [-0.2, 0) is 0 Å². The fraction of sp³-hybridized carbons (Fsp3) is 0.0625. The van der Waals surface area contributed by atoms with E-state index in [9.17, 15) is 18.0 Å². The Morgan fingerprint density at radius 2 is 1.88 bits per heavy atom. The summed E-state index contributed by atoms with van der Waals surface area (Å²) in [6, 6.07) is 7.97. The Kier molecular flexibility index (Phi) is 4.38. The van der Waals surface area contributed by atoms with Crippen LogP contribution in [0.15, 0.2) is 61.3 Å². The van der Waals surface area contributed by atoms with Crippen molar-refractivity contribution in [3.63, 3.8) is 0 Å². The Labute approximate surface area is 139 Å². The van der Waals surface area contributed by atoms with Crippen molar-refractivity contribution in [2.24, 2.45) is 0 Å². The number of ether oxygens (including phenoxy) is 1. The van der Waals surface area contributed by atoms with E-state index in [1.807, 2.05) is 0 Å². The monoisotopic (exact) mass is 348 g/mol. The number of rotatable bonds is 4. The third-order valence-electron chi connectivity index (χ3n) is 3.12. The van der Waals surface area contributed by atoms with Gasteiger partial charge in [-0.3, -0.25) is 9.36 Å². The van der Waals surface area contributed by atoms with E-state index in [2.05, 4.69) is 20.0 Å². The average molecular weight is 348 g/mol. The maximum Gasteiger partial charge on any atom is 0.573 e. The van der Waals surface area contributed by atoms with Gasteiger partial charge in [-0.1, -0.05) is 0 Å². The SMILES string of the molecule is O=C(Nc1ccc(-n2ccnc2)nc1)c1ccc(OC(F)(F)F)cc1. The zero-order chi connectivity index (χ0) is 17.9. The van der Waals surface area contributed by atoms with Gasteiger partial charge in [0, 0.05) is 18.0 Å². The molecule has 2 heterocycles. The van der Waals surface area contributed by atoms with E-state index >= 15 is 0 Å². The number of aromatic nitrogens is 3. The maximum absolute atomic E-state index is 12.1. The lowest BCUT2D eigenvalue weighted by Crippen LogP contribution is -2.17. The number of nitrogens with zero attached hydrogens (tertiary/aromatic N) is 3. The number of carbonyl (C=O) groups excluding carboxylic acids is 1. The first-order valence-corrected chi connectivity index (χ1v) is 7.02. The molecule has 0 bridgehead atoms. The summed E-state index contributed by atoms with van der Waals surface area (Å²) in [5, 5.41) is 2.61. The molecule has 2 aromatic heterocycles. The summed E-state index contributed by atoms with van der Waals surface area (Å²) in [5.41, 5.74) is 0.637. The number of hydrogen-bond donors (Lipinski definition) is 1. The molecule has 0 atom stereocenters. The van der Waals surface area contributed by atoms with Crippen LogP contribution >= 0.6 is 0 Å². The molecule has 0 fully saturated rings. The Balaban J connectivity index is 1.65. The number of halogens is 3. The number of imidazole rings is 1. The van der Waals surface area contributed by atoms with Crippen LogP contribution in [-0.4, -0.2) is 26.8 Å². The third-order valence-corrected chi connectivity index (χ3v) is 3.12. The van der Waals surface area contributed by atoms with Crippen molar-refractivity contribution in [1.82, 2.24) is 14.5 Å². The van der Waals surface area contributed by atoms with Gasteiger partial charge >= 0.3 is 6.36 Å². The number of pyridine rings is 1. The van der Waals surface area contributed by atoms with Crippen LogP contribution in [0.25, 0.3) is 5.82 Å². The molecule has 6 nitrogen and oxygen atoms in total. The van der Waals surface area contributed by atoms with Crippen molar-refractivity contribution < 1.29 is 22.7 Å². The first-order valence-electron chi connectivity index (χ1n) is 7.02. The second kappa shape index (κ2) is 6.63. The Bertz CT molecular complexity index is 845. The largest absolute Gasteiger partial charge is 0.573 e. The van der Waals surface area contributed by atoms with Crippen LogP contribution in [0.5, 0.6) is 5.75 Å². The first kappa shape index (κ1) is 16.5. The van der Waals surface area contributed by atoms with Crippen molar-refractivity contribution in [2.75, 3.05) is 5.32 Å². The number of nitrogens with one attached hydrogen (secondary N) is 1. The zero-order valence-corrected chi connectivity index (χ0v) is 12.6. The first-order chi connectivity index (χ1) is 11.9. The van der Waals surface area contributed by atoms with E-state index in [1.165, 1.54) is 18.3 Å². The van der Waals surface area contributed by atoms with Crippen molar-refractivity contribution in [3.8, 4) is 11.6 Å². The fourth-order valence-electron chi connectivity index (χ4n) is 2.02. The minimum absolute atomic E-state index is 0.188. The van der Waals surface area contributed by atoms with Gasteiger partial charge in [-0.15, -0.1) is 13.2 Å². The molecule has 1 N–H and O–H groups in total. The molecular formula is C16H11F3N4O2. The van der Waals surface area contributed by atoms with Crippen molar-refractivity contribution >= 4 is 11.6 Å². The molecule has 25 heavy (non-hydrogen) atoms. The molecule has 3 rings (SSSR count). The summed E-state index contributed by atoms with van der Waals surface area (Å²) in [5.74, 6) is -0.240. The highest BCUT2D eigenvalue weighted by molar-refractivity contribution is 6.04. The Hall–Kier alpha value is -3.36. The van der Waals surface area contributed by atoms with Gasteiger partial charge in [0.15, 0.2) is 0 Å². The van der Waals surface area contributed by atoms with Gasteiger partial charge in [-0.2, -0.15) is 0 Å². The van der Waals surface area contributed by atoms with Crippen molar-refractivity contribution in [1.29, 1.82) is 0 Å². The molecule has 0 spiro atoms. The lowest BCUT2D eigenvalue weighted by atomic mass is 10.2. The van der Waals surface area contributed by atoms with Crippen molar-refractivity contribution in [2.45, 2.75) is 6.36 Å². The molecule has 0 saturated carbocycles. The van der Waals surface area contributed by atoms with E-state index in [4.69, 9.17) is 0 Å². The maximum atomic E-state index is 12.1. The summed E-state index contributed by atoms with van der Waals surface area (Å²) in [4.78, 5) is 20.2. The number of carbonyl (C=O) groups is 1. The second-order valence-electron chi connectivity index (χ2n) is 4.90. The highest BCUT2D eigenvalue weighted by atomic mass is 19.4. The topological polar surface area (TPSA) is 69.0 Å². The lowest BCUT2D eigenvalue weighted by molar-refractivity contribution is -0.274. The number of hydrogen-bond acceptors (Lipinski definition) is 4. The van der Waals surface area contributed by atoms with Crippen LogP contribution in [0.3, 0.4) is 0 Å². The Morgan fingerprint density at radius 1 is 1.12 bits per heavy atom. The third kappa shape index (κ3) is 4.34. The molecule has 0 aliphatic rings. The summed E-state index contributed by atoms with van der Waals surface area (Å²) in [6.07, 6.45) is 1.63. The molecule has 0 radical (unpaired) electrons. The summed E-state index contributed by atoms with van der Waals surface area (Å²) in [6.45, 7) is 0. The Morgan fingerprint density at radius 3 is 2.44 bits per heavy atom. The molecule has 9 heteroatoms. The normalized spacial score (nSPS) is 11.2. The number of benzene rings is 1. The molecule has 0 unspecified atom stereocenters. The molecule has 0 aliphatic carbocycles. The van der Waals surface area contributed by atoms with Crippen molar-refractivity contribution in [3.05, 3.63) is 66.9 Å². The molecule has 128 valence electrons. The fourth-order valence-corrected chi connectivity index (χ4v) is 2.02. The van der Waals surface area contributed by atoms with Crippen LogP contribution < -0.4 is 10.1 Å². The van der Waals surface area contributed by atoms with Gasteiger partial charge in [0.1, 0.15) is 17.9 Å². The van der Waals surface area contributed by atoms with E-state index in [0.717, 1.165) is 12.1 Å². The average Bonchev–Trinajstić information content (AvgIpc) is 3.09. The summed E-state index contributed by atoms with van der Waals surface area (Å²) < 4.78 is 41.8. The number of anilines is 1. The van der Waals surface area contributed by atoms with E-state index in [-0.39, 0.29) is 5.56 Å². The molecule has 0 aliphatic heterocycles. The van der Waals surface area contributed by atoms with Crippen LogP contribution in [0, 0.1) is 0 Å². The van der Waals surface area contributed by atoms with Gasteiger partial charge < -0.3 is 10.1 Å². The molecule has 1 aromatic carbocycles. The van der Waals surface area contributed by atoms with Gasteiger partial charge in [0.2, 0.25) is 0 Å². The van der Waals surface area contributed by atoms with Gasteiger partial charge in [-0.25, -0.2) is 9.97 Å². The van der Waals surface area contributed by atoms with Gasteiger partial charge in [-0.05, 0) is 36.4 Å². The quantitative estimate of drug-likeness (QED) is 0.784. The number of alkyl halides is 3. The van der Waals surface area contributed by atoms with E-state index in [0.29, 0.717) is 11.5 Å². The minimum atomic E-state index is -4.77. The zero-order valence-electron chi connectivity index (χ0n) is 12.6. The predicted octanol–water partition coefficient (Wildman–Crippen LogP) is 3.42.